The summed E-state index contributed by atoms with van der Waals surface area (Å²) in [5.74, 6) is 1.16. The lowest BCUT2D eigenvalue weighted by atomic mass is 10.1. The zero-order valence-corrected chi connectivity index (χ0v) is 15.3. The monoisotopic (exact) mass is 361 g/mol. The minimum atomic E-state index is -0.126. The second-order valence-electron chi connectivity index (χ2n) is 6.23. The highest BCUT2D eigenvalue weighted by Gasteiger charge is 2.04. The maximum atomic E-state index is 12.0. The summed E-state index contributed by atoms with van der Waals surface area (Å²) < 4.78 is 5.52. The number of carbonyl (C=O) groups excluding carboxylic acids is 1. The highest BCUT2D eigenvalue weighted by molar-refractivity contribution is 5.89. The van der Waals surface area contributed by atoms with E-state index in [1.807, 2.05) is 42.5 Å². The minimum absolute atomic E-state index is 0.126. The number of nitrogens with one attached hydrogen (secondary N) is 2. The van der Waals surface area contributed by atoms with Crippen LogP contribution < -0.4 is 15.4 Å². The normalized spacial score (nSPS) is 10.3. The van der Waals surface area contributed by atoms with E-state index in [0.29, 0.717) is 12.4 Å². The number of rotatable bonds is 8. The Balaban J connectivity index is 1.42. The fraction of sp³-hybridized carbons (Fsp3) is 0.182. The molecule has 1 aromatic heterocycles. The Morgan fingerprint density at radius 3 is 2.63 bits per heavy atom. The third kappa shape index (κ3) is 6.15. The lowest BCUT2D eigenvalue weighted by Gasteiger charge is -2.09. The summed E-state index contributed by atoms with van der Waals surface area (Å²) in [7, 11) is 0. The number of para-hydroxylation sites is 1. The van der Waals surface area contributed by atoms with Gasteiger partial charge < -0.3 is 15.4 Å². The van der Waals surface area contributed by atoms with Crippen LogP contribution in [0.5, 0.6) is 5.75 Å². The number of benzene rings is 2. The predicted molar refractivity (Wildman–Crippen MR) is 108 cm³/mol. The van der Waals surface area contributed by atoms with Gasteiger partial charge in [-0.1, -0.05) is 48.0 Å². The molecule has 0 aliphatic carbocycles. The van der Waals surface area contributed by atoms with E-state index in [-0.39, 0.29) is 12.3 Å². The van der Waals surface area contributed by atoms with Crippen LogP contribution in [0.1, 0.15) is 17.5 Å². The largest absolute Gasteiger partial charge is 0.493 e. The Hall–Kier alpha value is -3.34. The van der Waals surface area contributed by atoms with Crippen LogP contribution >= 0.6 is 0 Å². The SMILES string of the molecule is Cc1cccc(CNc2ccc(NC(=O)CCOc3ccccc3)nc2)c1. The molecule has 3 rings (SSSR count). The van der Waals surface area contributed by atoms with E-state index < -0.39 is 0 Å². The molecule has 0 radical (unpaired) electrons. The van der Waals surface area contributed by atoms with Gasteiger partial charge in [0.05, 0.1) is 24.9 Å². The number of aryl methyl sites for hydroxylation is 1. The Morgan fingerprint density at radius 1 is 1.04 bits per heavy atom. The Morgan fingerprint density at radius 2 is 1.89 bits per heavy atom. The molecule has 0 saturated heterocycles. The fourth-order valence-corrected chi connectivity index (χ4v) is 2.58. The molecule has 0 aliphatic heterocycles. The van der Waals surface area contributed by atoms with Crippen molar-refractivity contribution < 1.29 is 9.53 Å². The van der Waals surface area contributed by atoms with Gasteiger partial charge in [0.1, 0.15) is 11.6 Å². The van der Waals surface area contributed by atoms with Crippen molar-refractivity contribution in [3.8, 4) is 5.75 Å². The number of carbonyl (C=O) groups is 1. The molecule has 0 bridgehead atoms. The van der Waals surface area contributed by atoms with E-state index in [9.17, 15) is 4.79 Å². The van der Waals surface area contributed by atoms with E-state index in [4.69, 9.17) is 4.74 Å². The lowest BCUT2D eigenvalue weighted by molar-refractivity contribution is -0.116. The molecule has 0 atom stereocenters. The van der Waals surface area contributed by atoms with Crippen molar-refractivity contribution in [3.05, 3.63) is 84.1 Å². The molecule has 1 heterocycles. The van der Waals surface area contributed by atoms with Crippen molar-refractivity contribution in [3.63, 3.8) is 0 Å². The van der Waals surface area contributed by atoms with Crippen LogP contribution in [0.15, 0.2) is 72.9 Å². The van der Waals surface area contributed by atoms with Gasteiger partial charge in [-0.15, -0.1) is 0 Å². The van der Waals surface area contributed by atoms with Gasteiger partial charge in [-0.25, -0.2) is 4.98 Å². The van der Waals surface area contributed by atoms with Crippen LogP contribution in [0.25, 0.3) is 0 Å². The predicted octanol–water partition coefficient (Wildman–Crippen LogP) is 4.41. The summed E-state index contributed by atoms with van der Waals surface area (Å²) >= 11 is 0. The van der Waals surface area contributed by atoms with Gasteiger partial charge in [0.2, 0.25) is 5.91 Å². The number of hydrogen-bond acceptors (Lipinski definition) is 4. The molecule has 138 valence electrons. The van der Waals surface area contributed by atoms with E-state index >= 15 is 0 Å². The second kappa shape index (κ2) is 9.38. The van der Waals surface area contributed by atoms with Crippen molar-refractivity contribution in [1.82, 2.24) is 4.98 Å². The van der Waals surface area contributed by atoms with Crippen LogP contribution in [-0.4, -0.2) is 17.5 Å². The van der Waals surface area contributed by atoms with Crippen molar-refractivity contribution in [1.29, 1.82) is 0 Å². The Bertz CT molecular complexity index is 864. The van der Waals surface area contributed by atoms with Crippen LogP contribution in [0.2, 0.25) is 0 Å². The molecule has 2 N–H and O–H groups in total. The number of nitrogens with zero attached hydrogens (tertiary/aromatic N) is 1. The molecular formula is C22H23N3O2. The maximum Gasteiger partial charge on any atom is 0.228 e. The first kappa shape index (κ1) is 18.5. The Labute approximate surface area is 159 Å². The Kier molecular flexibility index (Phi) is 6.41. The molecule has 2 aromatic carbocycles. The molecule has 0 spiro atoms. The lowest BCUT2D eigenvalue weighted by Crippen LogP contribution is -2.16. The number of pyridine rings is 1. The molecular weight excluding hydrogens is 338 g/mol. The number of hydrogen-bond donors (Lipinski definition) is 2. The molecule has 3 aromatic rings. The zero-order valence-electron chi connectivity index (χ0n) is 15.3. The van der Waals surface area contributed by atoms with Gasteiger partial charge in [0.25, 0.3) is 0 Å². The van der Waals surface area contributed by atoms with E-state index in [2.05, 4.69) is 40.7 Å². The summed E-state index contributed by atoms with van der Waals surface area (Å²) in [5, 5.41) is 6.10. The minimum Gasteiger partial charge on any atom is -0.493 e. The fourth-order valence-electron chi connectivity index (χ4n) is 2.58. The molecule has 27 heavy (non-hydrogen) atoms. The van der Waals surface area contributed by atoms with Gasteiger partial charge in [-0.3, -0.25) is 4.79 Å². The number of aromatic nitrogens is 1. The van der Waals surface area contributed by atoms with E-state index in [1.165, 1.54) is 11.1 Å². The molecule has 5 heteroatoms. The summed E-state index contributed by atoms with van der Waals surface area (Å²) in [6.07, 6.45) is 1.98. The number of ether oxygens (including phenoxy) is 1. The van der Waals surface area contributed by atoms with Crippen molar-refractivity contribution in [2.24, 2.45) is 0 Å². The molecule has 0 saturated carbocycles. The first-order valence-corrected chi connectivity index (χ1v) is 8.92. The highest BCUT2D eigenvalue weighted by Crippen LogP contribution is 2.13. The zero-order chi connectivity index (χ0) is 18.9. The van der Waals surface area contributed by atoms with Crippen LogP contribution in [0.3, 0.4) is 0 Å². The van der Waals surface area contributed by atoms with Crippen molar-refractivity contribution in [2.75, 3.05) is 17.2 Å². The quantitative estimate of drug-likeness (QED) is 0.624. The summed E-state index contributed by atoms with van der Waals surface area (Å²) in [6, 6.07) is 21.5. The van der Waals surface area contributed by atoms with Crippen LogP contribution in [0, 0.1) is 6.92 Å². The van der Waals surface area contributed by atoms with Gasteiger partial charge in [0.15, 0.2) is 0 Å². The van der Waals surface area contributed by atoms with Crippen molar-refractivity contribution in [2.45, 2.75) is 19.9 Å². The molecule has 0 aliphatic rings. The van der Waals surface area contributed by atoms with E-state index in [0.717, 1.165) is 18.0 Å². The van der Waals surface area contributed by atoms with Gasteiger partial charge in [-0.2, -0.15) is 0 Å². The first-order chi connectivity index (χ1) is 13.2. The summed E-state index contributed by atoms with van der Waals surface area (Å²) in [5.41, 5.74) is 3.36. The number of amides is 1. The van der Waals surface area contributed by atoms with Gasteiger partial charge in [0, 0.05) is 6.54 Å². The van der Waals surface area contributed by atoms with Gasteiger partial charge >= 0.3 is 0 Å². The van der Waals surface area contributed by atoms with E-state index in [1.54, 1.807) is 12.3 Å². The molecule has 1 amide bonds. The van der Waals surface area contributed by atoms with Gasteiger partial charge in [-0.05, 0) is 36.8 Å². The summed E-state index contributed by atoms with van der Waals surface area (Å²) in [4.78, 5) is 16.3. The highest BCUT2D eigenvalue weighted by atomic mass is 16.5. The second-order valence-corrected chi connectivity index (χ2v) is 6.23. The first-order valence-electron chi connectivity index (χ1n) is 8.92. The average molecular weight is 361 g/mol. The molecule has 0 unspecified atom stereocenters. The van der Waals surface area contributed by atoms with Crippen molar-refractivity contribution >= 4 is 17.4 Å². The van der Waals surface area contributed by atoms with Crippen LogP contribution in [0.4, 0.5) is 11.5 Å². The standard InChI is InChI=1S/C22H23N3O2/c1-17-6-5-7-18(14-17)15-23-19-10-11-21(24-16-19)25-22(26)12-13-27-20-8-3-2-4-9-20/h2-11,14,16,23H,12-13,15H2,1H3,(H,24,25,26). The smallest absolute Gasteiger partial charge is 0.228 e. The maximum absolute atomic E-state index is 12.0. The molecule has 5 nitrogen and oxygen atoms in total. The summed E-state index contributed by atoms with van der Waals surface area (Å²) in [6.45, 7) is 3.13. The molecule has 0 fully saturated rings. The van der Waals surface area contributed by atoms with Crippen LogP contribution in [-0.2, 0) is 11.3 Å². The third-order valence-corrected chi connectivity index (χ3v) is 3.95. The third-order valence-electron chi connectivity index (χ3n) is 3.95. The number of anilines is 2. The topological polar surface area (TPSA) is 63.2 Å². The average Bonchev–Trinajstić information content (AvgIpc) is 2.68.